The van der Waals surface area contributed by atoms with Gasteiger partial charge in [-0.3, -0.25) is 4.98 Å². The number of rotatable bonds is 6. The molecule has 0 aliphatic carbocycles. The molecule has 0 unspecified atom stereocenters. The fourth-order valence-electron chi connectivity index (χ4n) is 4.99. The van der Waals surface area contributed by atoms with Gasteiger partial charge in [-0.2, -0.15) is 0 Å². The van der Waals surface area contributed by atoms with Gasteiger partial charge in [-0.05, 0) is 80.2 Å². The second kappa shape index (κ2) is 9.84. The van der Waals surface area contributed by atoms with Gasteiger partial charge in [-0.1, -0.05) is 23.7 Å². The maximum Gasteiger partial charge on any atom is 0.174 e. The quantitative estimate of drug-likeness (QED) is 0.301. The van der Waals surface area contributed by atoms with Crippen LogP contribution < -0.4 is 19.7 Å². The molecule has 184 valence electrons. The molecule has 1 saturated heterocycles. The minimum Gasteiger partial charge on any atom is -0.497 e. The molecular weight excluding hydrogens is 492 g/mol. The molecule has 0 bridgehead atoms. The number of hydrogen-bond acceptors (Lipinski definition) is 4. The van der Waals surface area contributed by atoms with E-state index >= 15 is 0 Å². The zero-order valence-electron chi connectivity index (χ0n) is 20.5. The van der Waals surface area contributed by atoms with Crippen molar-refractivity contribution in [2.45, 2.75) is 25.9 Å². The number of methoxy groups -OCH3 is 2. The number of hydrogen-bond donors (Lipinski definition) is 1. The lowest BCUT2D eigenvalue weighted by molar-refractivity contribution is 0.414. The Balaban J connectivity index is 1.67. The molecule has 1 aliphatic rings. The van der Waals surface area contributed by atoms with E-state index in [1.165, 1.54) is 0 Å². The van der Waals surface area contributed by atoms with Gasteiger partial charge in [0.05, 0.1) is 37.0 Å². The fourth-order valence-corrected chi connectivity index (χ4v) is 5.59. The topological polar surface area (TPSA) is 51.5 Å². The third kappa shape index (κ3) is 4.18. The first-order chi connectivity index (χ1) is 17.4. The van der Waals surface area contributed by atoms with Gasteiger partial charge >= 0.3 is 0 Å². The number of nitrogens with one attached hydrogen (secondary N) is 1. The number of aromatic nitrogens is 2. The molecule has 0 radical (unpaired) electrons. The lowest BCUT2D eigenvalue weighted by atomic mass is 9.96. The van der Waals surface area contributed by atoms with Crippen LogP contribution >= 0.6 is 23.8 Å². The van der Waals surface area contributed by atoms with Crippen molar-refractivity contribution in [2.75, 3.05) is 19.1 Å². The van der Waals surface area contributed by atoms with E-state index in [0.29, 0.717) is 15.9 Å². The third-order valence-electron chi connectivity index (χ3n) is 6.61. The molecule has 1 fully saturated rings. The highest BCUT2D eigenvalue weighted by molar-refractivity contribution is 7.80. The Kier molecular flexibility index (Phi) is 6.60. The molecule has 0 spiro atoms. The van der Waals surface area contributed by atoms with Crippen LogP contribution in [0.15, 0.2) is 72.9 Å². The Labute approximate surface area is 221 Å². The first-order valence-corrected chi connectivity index (χ1v) is 12.4. The number of ether oxygens (including phenoxy) is 2. The Morgan fingerprint density at radius 3 is 2.47 bits per heavy atom. The molecule has 0 amide bonds. The van der Waals surface area contributed by atoms with Crippen LogP contribution in [0.5, 0.6) is 11.5 Å². The smallest absolute Gasteiger partial charge is 0.174 e. The highest BCUT2D eigenvalue weighted by Crippen LogP contribution is 2.45. The second-order valence-electron chi connectivity index (χ2n) is 8.68. The van der Waals surface area contributed by atoms with Gasteiger partial charge < -0.3 is 24.3 Å². The van der Waals surface area contributed by atoms with Gasteiger partial charge in [0.25, 0.3) is 0 Å². The van der Waals surface area contributed by atoms with Gasteiger partial charge in [0.2, 0.25) is 0 Å². The Bertz CT molecular complexity index is 1420. The summed E-state index contributed by atoms with van der Waals surface area (Å²) < 4.78 is 13.1. The molecule has 3 heterocycles. The largest absolute Gasteiger partial charge is 0.497 e. The van der Waals surface area contributed by atoms with Crippen LogP contribution in [0, 0.1) is 13.8 Å². The van der Waals surface area contributed by atoms with E-state index in [4.69, 9.17) is 33.3 Å². The molecule has 2 aromatic carbocycles. The minimum absolute atomic E-state index is 0.151. The molecule has 36 heavy (non-hydrogen) atoms. The SMILES string of the molecule is COc1cccc(-n2c(C)cc([C@H]3[C@H](c4ccccn4)NC(=S)N3c3ccc(OC)c(Cl)c3)c2C)c1. The predicted octanol–water partition coefficient (Wildman–Crippen LogP) is 6.34. The highest BCUT2D eigenvalue weighted by atomic mass is 35.5. The second-order valence-corrected chi connectivity index (χ2v) is 9.47. The van der Waals surface area contributed by atoms with E-state index in [1.807, 2.05) is 60.8 Å². The molecule has 1 N–H and O–H groups in total. The summed E-state index contributed by atoms with van der Waals surface area (Å²) in [7, 11) is 3.29. The maximum atomic E-state index is 6.53. The number of benzene rings is 2. The molecule has 2 aromatic heterocycles. The summed E-state index contributed by atoms with van der Waals surface area (Å²) in [5, 5.41) is 4.66. The van der Waals surface area contributed by atoms with E-state index in [-0.39, 0.29) is 12.1 Å². The van der Waals surface area contributed by atoms with Gasteiger partial charge in [0, 0.05) is 35.0 Å². The molecule has 1 aliphatic heterocycles. The van der Waals surface area contributed by atoms with E-state index in [1.54, 1.807) is 14.2 Å². The summed E-state index contributed by atoms with van der Waals surface area (Å²) in [4.78, 5) is 6.79. The lowest BCUT2D eigenvalue weighted by Gasteiger charge is -2.28. The van der Waals surface area contributed by atoms with Crippen molar-refractivity contribution in [1.29, 1.82) is 0 Å². The van der Waals surface area contributed by atoms with Gasteiger partial charge in [0.1, 0.15) is 11.5 Å². The van der Waals surface area contributed by atoms with Crippen LogP contribution in [0.2, 0.25) is 5.02 Å². The molecule has 4 aromatic rings. The van der Waals surface area contributed by atoms with Crippen molar-refractivity contribution in [3.63, 3.8) is 0 Å². The average molecular weight is 519 g/mol. The first kappa shape index (κ1) is 24.2. The van der Waals surface area contributed by atoms with Crippen molar-refractivity contribution in [1.82, 2.24) is 14.9 Å². The fraction of sp³-hybridized carbons (Fsp3) is 0.214. The molecule has 6 nitrogen and oxygen atoms in total. The van der Waals surface area contributed by atoms with E-state index in [2.05, 4.69) is 45.7 Å². The first-order valence-electron chi connectivity index (χ1n) is 11.6. The van der Waals surface area contributed by atoms with Crippen molar-refractivity contribution < 1.29 is 9.47 Å². The summed E-state index contributed by atoms with van der Waals surface area (Å²) in [5.41, 5.74) is 6.21. The van der Waals surface area contributed by atoms with E-state index in [0.717, 1.165) is 39.8 Å². The number of nitrogens with zero attached hydrogens (tertiary/aromatic N) is 3. The standard InChI is InChI=1S/C28H27ClN4O2S/c1-17-14-22(18(2)32(17)19-8-7-9-21(15-19)34-3)27-26(24-10-5-6-13-30-24)31-28(36)33(27)20-11-12-25(35-4)23(29)16-20/h5-16,26-27H,1-4H3,(H,31,36)/t26-,27-/m0/s1. The van der Waals surface area contributed by atoms with Crippen LogP contribution in [-0.2, 0) is 0 Å². The molecule has 2 atom stereocenters. The van der Waals surface area contributed by atoms with Crippen LogP contribution in [0.1, 0.15) is 34.7 Å². The monoisotopic (exact) mass is 518 g/mol. The van der Waals surface area contributed by atoms with Crippen LogP contribution in [0.4, 0.5) is 5.69 Å². The lowest BCUT2D eigenvalue weighted by Crippen LogP contribution is -2.29. The van der Waals surface area contributed by atoms with Gasteiger partial charge in [0.15, 0.2) is 5.11 Å². The van der Waals surface area contributed by atoms with E-state index < -0.39 is 0 Å². The van der Waals surface area contributed by atoms with Crippen LogP contribution in [0.25, 0.3) is 5.69 Å². The van der Waals surface area contributed by atoms with Crippen molar-refractivity contribution in [3.8, 4) is 17.2 Å². The van der Waals surface area contributed by atoms with Crippen LogP contribution in [-0.4, -0.2) is 28.9 Å². The summed E-state index contributed by atoms with van der Waals surface area (Å²) in [6, 6.07) is 21.7. The third-order valence-corrected chi connectivity index (χ3v) is 7.22. The maximum absolute atomic E-state index is 6.53. The Morgan fingerprint density at radius 1 is 0.944 bits per heavy atom. The predicted molar refractivity (Wildman–Crippen MR) is 148 cm³/mol. The highest BCUT2D eigenvalue weighted by Gasteiger charge is 2.42. The van der Waals surface area contributed by atoms with E-state index in [9.17, 15) is 0 Å². The number of pyridine rings is 1. The van der Waals surface area contributed by atoms with Gasteiger partial charge in [-0.15, -0.1) is 0 Å². The molecule has 5 rings (SSSR count). The van der Waals surface area contributed by atoms with Gasteiger partial charge in [-0.25, -0.2) is 0 Å². The minimum atomic E-state index is -0.154. The number of halogens is 1. The number of anilines is 1. The summed E-state index contributed by atoms with van der Waals surface area (Å²) in [6.45, 7) is 4.25. The summed E-state index contributed by atoms with van der Waals surface area (Å²) in [5.74, 6) is 1.43. The molecular formula is C28H27ClN4O2S. The zero-order chi connectivity index (χ0) is 25.4. The summed E-state index contributed by atoms with van der Waals surface area (Å²) in [6.07, 6.45) is 1.81. The van der Waals surface area contributed by atoms with Crippen molar-refractivity contribution >= 4 is 34.6 Å². The Morgan fingerprint density at radius 2 is 1.78 bits per heavy atom. The van der Waals surface area contributed by atoms with Crippen LogP contribution in [0.3, 0.4) is 0 Å². The number of aryl methyl sites for hydroxylation is 1. The zero-order valence-corrected chi connectivity index (χ0v) is 22.1. The average Bonchev–Trinajstić information content (AvgIpc) is 3.39. The summed E-state index contributed by atoms with van der Waals surface area (Å²) >= 11 is 12.4. The Hall–Kier alpha value is -3.55. The molecule has 8 heteroatoms. The van der Waals surface area contributed by atoms with Crippen molar-refractivity contribution in [2.24, 2.45) is 0 Å². The van der Waals surface area contributed by atoms with Crippen molar-refractivity contribution in [3.05, 3.63) is 101 Å². The number of thiocarbonyl (C=S) groups is 1. The normalized spacial score (nSPS) is 17.2. The molecule has 0 saturated carbocycles.